The Bertz CT molecular complexity index is 702. The van der Waals surface area contributed by atoms with Crippen LogP contribution in [0.1, 0.15) is 74.3 Å². The van der Waals surface area contributed by atoms with Gasteiger partial charge in [-0.15, -0.1) is 0 Å². The Balaban J connectivity index is 3.21. The highest BCUT2D eigenvalue weighted by Gasteiger charge is 2.48. The van der Waals surface area contributed by atoms with Gasteiger partial charge in [0.2, 0.25) is 8.32 Å². The standard InChI is InChI=1S/C29H52O6Si/c1-21(2)36(22(3)4,23(5)6)35-29(24(7)18-32-19-27-14-12-11-13-15-27)25(8)28(34-20-31-10)16-17-33-26(9)30/h11-15,21-25,28-29H,16-20H2,1-10H3/t24-,25-,28-,29+/m0/s1. The van der Waals surface area contributed by atoms with E-state index in [9.17, 15) is 4.79 Å². The number of carbonyl (C=O) groups is 1. The second-order valence-electron chi connectivity index (χ2n) is 11.0. The van der Waals surface area contributed by atoms with Crippen LogP contribution >= 0.6 is 0 Å². The molecule has 0 spiro atoms. The van der Waals surface area contributed by atoms with E-state index in [2.05, 4.69) is 67.5 Å². The van der Waals surface area contributed by atoms with Gasteiger partial charge in [-0.25, -0.2) is 0 Å². The molecule has 0 saturated heterocycles. The van der Waals surface area contributed by atoms with Crippen molar-refractivity contribution in [2.75, 3.05) is 27.1 Å². The van der Waals surface area contributed by atoms with E-state index in [4.69, 9.17) is 23.4 Å². The average molecular weight is 525 g/mol. The van der Waals surface area contributed by atoms with Crippen LogP contribution in [0.4, 0.5) is 0 Å². The van der Waals surface area contributed by atoms with Gasteiger partial charge in [0.1, 0.15) is 6.79 Å². The minimum atomic E-state index is -2.17. The first-order valence-electron chi connectivity index (χ1n) is 13.5. The molecule has 208 valence electrons. The lowest BCUT2D eigenvalue weighted by Crippen LogP contribution is -2.54. The first-order valence-corrected chi connectivity index (χ1v) is 15.6. The summed E-state index contributed by atoms with van der Waals surface area (Å²) in [6, 6.07) is 10.2. The molecule has 0 N–H and O–H groups in total. The molecule has 36 heavy (non-hydrogen) atoms. The molecule has 1 rings (SSSR count). The molecule has 0 radical (unpaired) electrons. The number of methoxy groups -OCH3 is 1. The molecule has 0 aromatic heterocycles. The van der Waals surface area contributed by atoms with Crippen molar-refractivity contribution < 1.29 is 28.2 Å². The third-order valence-corrected chi connectivity index (χ3v) is 13.4. The van der Waals surface area contributed by atoms with Crippen molar-refractivity contribution in [3.8, 4) is 0 Å². The summed E-state index contributed by atoms with van der Waals surface area (Å²) in [6.07, 6.45) is 0.337. The van der Waals surface area contributed by atoms with Crippen molar-refractivity contribution in [3.63, 3.8) is 0 Å². The zero-order chi connectivity index (χ0) is 27.3. The van der Waals surface area contributed by atoms with Crippen LogP contribution in [0.5, 0.6) is 0 Å². The molecule has 0 unspecified atom stereocenters. The zero-order valence-corrected chi connectivity index (χ0v) is 25.4. The Morgan fingerprint density at radius 2 is 1.50 bits per heavy atom. The fourth-order valence-electron chi connectivity index (χ4n) is 5.60. The Morgan fingerprint density at radius 1 is 0.917 bits per heavy atom. The van der Waals surface area contributed by atoms with Gasteiger partial charge in [-0.2, -0.15) is 0 Å². The lowest BCUT2D eigenvalue weighted by molar-refractivity contribution is -0.145. The highest BCUT2D eigenvalue weighted by Crippen LogP contribution is 2.45. The Kier molecular flexibility index (Phi) is 15.1. The second-order valence-corrected chi connectivity index (χ2v) is 16.4. The van der Waals surface area contributed by atoms with Crippen LogP contribution in [0.15, 0.2) is 30.3 Å². The largest absolute Gasteiger partial charge is 0.466 e. The minimum absolute atomic E-state index is 0.0501. The van der Waals surface area contributed by atoms with Crippen LogP contribution in [0, 0.1) is 11.8 Å². The van der Waals surface area contributed by atoms with Crippen molar-refractivity contribution in [1.29, 1.82) is 0 Å². The van der Waals surface area contributed by atoms with Crippen molar-refractivity contribution in [2.45, 2.75) is 104 Å². The third-order valence-electron chi connectivity index (χ3n) is 7.31. The van der Waals surface area contributed by atoms with Crippen molar-refractivity contribution >= 4 is 14.3 Å². The molecule has 6 nitrogen and oxygen atoms in total. The molecule has 0 amide bonds. The van der Waals surface area contributed by atoms with Crippen molar-refractivity contribution in [2.24, 2.45) is 11.8 Å². The predicted octanol–water partition coefficient (Wildman–Crippen LogP) is 6.98. The highest BCUT2D eigenvalue weighted by atomic mass is 28.4. The predicted molar refractivity (Wildman–Crippen MR) is 148 cm³/mol. The molecule has 0 aliphatic heterocycles. The number of carbonyl (C=O) groups excluding carboxylic acids is 1. The molecule has 1 aromatic rings. The summed E-state index contributed by atoms with van der Waals surface area (Å²) in [4.78, 5) is 11.4. The summed E-state index contributed by atoms with van der Waals surface area (Å²) in [6.45, 7) is 21.3. The van der Waals surface area contributed by atoms with E-state index in [1.54, 1.807) is 7.11 Å². The Hall–Kier alpha value is -1.25. The van der Waals surface area contributed by atoms with Crippen LogP contribution in [0.25, 0.3) is 0 Å². The molecule has 0 bridgehead atoms. The smallest absolute Gasteiger partial charge is 0.302 e. The molecule has 0 fully saturated rings. The monoisotopic (exact) mass is 524 g/mol. The summed E-state index contributed by atoms with van der Waals surface area (Å²) in [5, 5.41) is 0. The zero-order valence-electron chi connectivity index (χ0n) is 24.4. The average Bonchev–Trinajstić information content (AvgIpc) is 2.81. The van der Waals surface area contributed by atoms with Gasteiger partial charge in [0.15, 0.2) is 0 Å². The van der Waals surface area contributed by atoms with E-state index in [0.29, 0.717) is 42.9 Å². The quantitative estimate of drug-likeness (QED) is 0.117. The maximum Gasteiger partial charge on any atom is 0.302 e. The van der Waals surface area contributed by atoms with Gasteiger partial charge in [0.05, 0.1) is 32.0 Å². The first-order chi connectivity index (χ1) is 17.0. The summed E-state index contributed by atoms with van der Waals surface area (Å²) >= 11 is 0. The molecular weight excluding hydrogens is 472 g/mol. The molecule has 0 saturated carbocycles. The third kappa shape index (κ3) is 9.90. The lowest BCUT2D eigenvalue weighted by Gasteiger charge is -2.48. The van der Waals surface area contributed by atoms with Crippen LogP contribution in [-0.4, -0.2) is 53.6 Å². The van der Waals surface area contributed by atoms with Crippen molar-refractivity contribution in [3.05, 3.63) is 35.9 Å². The molecule has 7 heteroatoms. The maximum atomic E-state index is 11.4. The van der Waals surface area contributed by atoms with Gasteiger partial charge < -0.3 is 23.4 Å². The fraction of sp³-hybridized carbons (Fsp3) is 0.759. The summed E-state index contributed by atoms with van der Waals surface area (Å²) in [5.74, 6) is -0.0853. The van der Waals surface area contributed by atoms with E-state index in [1.807, 2.05) is 18.2 Å². The molecule has 4 atom stereocenters. The minimum Gasteiger partial charge on any atom is -0.466 e. The van der Waals surface area contributed by atoms with Crippen molar-refractivity contribution in [1.82, 2.24) is 0 Å². The normalized spacial score (nSPS) is 15.8. The molecule has 0 aliphatic rings. The van der Waals surface area contributed by atoms with Gasteiger partial charge >= 0.3 is 5.97 Å². The topological polar surface area (TPSA) is 63.2 Å². The van der Waals surface area contributed by atoms with E-state index >= 15 is 0 Å². The van der Waals surface area contributed by atoms with Crippen LogP contribution in [0.3, 0.4) is 0 Å². The van der Waals surface area contributed by atoms with Gasteiger partial charge in [0, 0.05) is 32.3 Å². The number of hydrogen-bond acceptors (Lipinski definition) is 6. The van der Waals surface area contributed by atoms with E-state index in [0.717, 1.165) is 5.56 Å². The summed E-state index contributed by atoms with van der Waals surface area (Å²) < 4.78 is 30.2. The maximum absolute atomic E-state index is 11.4. The molecule has 0 aliphatic carbocycles. The Morgan fingerprint density at radius 3 is 2.00 bits per heavy atom. The lowest BCUT2D eigenvalue weighted by atomic mass is 9.88. The number of rotatable bonds is 18. The van der Waals surface area contributed by atoms with Gasteiger partial charge in [-0.05, 0) is 22.2 Å². The molecule has 1 aromatic carbocycles. The summed E-state index contributed by atoms with van der Waals surface area (Å²) in [5.41, 5.74) is 2.55. The van der Waals surface area contributed by atoms with Crippen LogP contribution < -0.4 is 0 Å². The van der Waals surface area contributed by atoms with E-state index < -0.39 is 8.32 Å². The highest BCUT2D eigenvalue weighted by molar-refractivity contribution is 6.77. The van der Waals surface area contributed by atoms with E-state index in [1.165, 1.54) is 6.92 Å². The number of esters is 1. The SMILES string of the molecule is COCO[C@@H](CCOC(C)=O)[C@H](C)[C@H](O[Si](C(C)C)(C(C)C)C(C)C)[C@@H](C)COCc1ccccc1. The fourth-order valence-corrected chi connectivity index (χ4v) is 11.3. The van der Waals surface area contributed by atoms with Crippen LogP contribution in [0.2, 0.25) is 16.6 Å². The van der Waals surface area contributed by atoms with Gasteiger partial charge in [-0.1, -0.05) is 85.7 Å². The van der Waals surface area contributed by atoms with Gasteiger partial charge in [-0.3, -0.25) is 4.79 Å². The molecule has 0 heterocycles. The molecular formula is C29H52O6Si. The Labute approximate surface area is 221 Å². The number of benzene rings is 1. The number of hydrogen-bond donors (Lipinski definition) is 0. The second kappa shape index (κ2) is 16.6. The van der Waals surface area contributed by atoms with E-state index in [-0.39, 0.29) is 36.8 Å². The van der Waals surface area contributed by atoms with Crippen LogP contribution in [-0.2, 0) is 34.8 Å². The first kappa shape index (κ1) is 32.8. The van der Waals surface area contributed by atoms with Gasteiger partial charge in [0.25, 0.3) is 0 Å². The summed E-state index contributed by atoms with van der Waals surface area (Å²) in [7, 11) is -0.552. The number of ether oxygens (including phenoxy) is 4.